The third kappa shape index (κ3) is 4.57. The summed E-state index contributed by atoms with van der Waals surface area (Å²) in [7, 11) is 2.17. The summed E-state index contributed by atoms with van der Waals surface area (Å²) in [5.41, 5.74) is 2.44. The molecule has 0 aromatic carbocycles. The van der Waals surface area contributed by atoms with Crippen LogP contribution in [0.1, 0.15) is 41.5 Å². The van der Waals surface area contributed by atoms with Crippen LogP contribution in [0.15, 0.2) is 23.2 Å². The zero-order valence-corrected chi connectivity index (χ0v) is 17.9. The zero-order valence-electron chi connectivity index (χ0n) is 17.9. The lowest BCUT2D eigenvalue weighted by Crippen LogP contribution is -2.50. The minimum absolute atomic E-state index is 0.00546. The van der Waals surface area contributed by atoms with Gasteiger partial charge in [0, 0.05) is 56.4 Å². The standard InChI is InChI=1S/C12H13N3O2.C8H20BN/c16-9-7-8(13-1-2-13)12(17)11(15-5-6-15)10(9)14-3-4-14;1-7(2,3)10(9)8(4,5)6/h7H,1-6H2;9H2,1-6H3. The van der Waals surface area contributed by atoms with Crippen molar-refractivity contribution in [3.8, 4) is 0 Å². The molecular formula is C20H33BN4O2. The van der Waals surface area contributed by atoms with E-state index in [1.807, 2.05) is 14.7 Å². The van der Waals surface area contributed by atoms with Crippen molar-refractivity contribution in [2.24, 2.45) is 0 Å². The first-order chi connectivity index (χ1) is 12.4. The van der Waals surface area contributed by atoms with Crippen molar-refractivity contribution < 1.29 is 9.59 Å². The van der Waals surface area contributed by atoms with Crippen LogP contribution < -0.4 is 0 Å². The Morgan fingerprint density at radius 2 is 1.19 bits per heavy atom. The minimum Gasteiger partial charge on any atom is -0.365 e. The summed E-state index contributed by atoms with van der Waals surface area (Å²) in [5, 5.41) is 0. The molecule has 4 rings (SSSR count). The Balaban J connectivity index is 0.000000183. The largest absolute Gasteiger partial charge is 0.365 e. The molecule has 0 saturated carbocycles. The van der Waals surface area contributed by atoms with E-state index in [1.165, 1.54) is 6.08 Å². The van der Waals surface area contributed by atoms with Gasteiger partial charge in [0.25, 0.3) is 0 Å². The molecule has 0 amide bonds. The second-order valence-electron chi connectivity index (χ2n) is 9.78. The molecule has 6 nitrogen and oxygen atoms in total. The molecular weight excluding hydrogens is 339 g/mol. The van der Waals surface area contributed by atoms with Crippen LogP contribution in [0.4, 0.5) is 0 Å². The van der Waals surface area contributed by atoms with Crippen LogP contribution >= 0.6 is 0 Å². The lowest BCUT2D eigenvalue weighted by molar-refractivity contribution is -0.117. The fourth-order valence-electron chi connectivity index (χ4n) is 3.28. The van der Waals surface area contributed by atoms with Crippen LogP contribution in [0.5, 0.6) is 0 Å². The highest BCUT2D eigenvalue weighted by molar-refractivity contribution is 6.22. The van der Waals surface area contributed by atoms with E-state index in [1.54, 1.807) is 0 Å². The van der Waals surface area contributed by atoms with Crippen molar-refractivity contribution in [3.05, 3.63) is 23.2 Å². The molecule has 0 bridgehead atoms. The fraction of sp³-hybridized carbons (Fsp3) is 0.700. The first-order valence-electron chi connectivity index (χ1n) is 9.95. The van der Waals surface area contributed by atoms with Crippen LogP contribution in [0.3, 0.4) is 0 Å². The number of hydrogen-bond acceptors (Lipinski definition) is 6. The molecule has 7 heteroatoms. The first-order valence-corrected chi connectivity index (χ1v) is 9.95. The number of nitrogens with zero attached hydrogens (tertiary/aromatic N) is 4. The molecule has 3 saturated heterocycles. The minimum atomic E-state index is 0.00546. The van der Waals surface area contributed by atoms with Gasteiger partial charge in [0.05, 0.1) is 5.70 Å². The molecule has 0 aromatic rings. The molecule has 1 aliphatic carbocycles. The molecule has 3 heterocycles. The fourth-order valence-corrected chi connectivity index (χ4v) is 3.28. The average Bonchev–Trinajstić information content (AvgIpc) is 3.37. The SMILES string of the molecule is BN(C(C)(C)C)C(C)(C)C.O=C1C=C(N2CC2)C(=O)C(N2CC2)=C1N1CC1. The summed E-state index contributed by atoms with van der Waals surface area (Å²) >= 11 is 0. The number of Topliss-reactive ketones (excluding diaryl/α,β-unsaturated/α-hetero) is 1. The van der Waals surface area contributed by atoms with Gasteiger partial charge in [0.15, 0.2) is 7.98 Å². The summed E-state index contributed by atoms with van der Waals surface area (Å²) < 4.78 is 0. The van der Waals surface area contributed by atoms with Gasteiger partial charge in [-0.2, -0.15) is 0 Å². The van der Waals surface area contributed by atoms with Crippen LogP contribution in [0.25, 0.3) is 0 Å². The van der Waals surface area contributed by atoms with Crippen molar-refractivity contribution in [3.63, 3.8) is 0 Å². The number of carbonyl (C=O) groups excluding carboxylic acids is 2. The van der Waals surface area contributed by atoms with E-state index in [9.17, 15) is 9.59 Å². The summed E-state index contributed by atoms with van der Waals surface area (Å²) in [4.78, 5) is 32.8. The Hall–Kier alpha value is -1.76. The van der Waals surface area contributed by atoms with Crippen LogP contribution in [0, 0.1) is 0 Å². The van der Waals surface area contributed by atoms with Gasteiger partial charge in [-0.1, -0.05) is 0 Å². The van der Waals surface area contributed by atoms with Crippen LogP contribution in [0.2, 0.25) is 0 Å². The third-order valence-electron chi connectivity index (χ3n) is 5.50. The number of rotatable bonds is 3. The maximum atomic E-state index is 12.4. The Bertz CT molecular complexity index is 688. The number of allylic oxidation sites excluding steroid dienone is 1. The van der Waals surface area contributed by atoms with Gasteiger partial charge in [-0.15, -0.1) is 0 Å². The molecule has 148 valence electrons. The zero-order chi connectivity index (χ0) is 20.1. The monoisotopic (exact) mass is 372 g/mol. The van der Waals surface area contributed by atoms with Crippen molar-refractivity contribution in [1.29, 1.82) is 0 Å². The summed E-state index contributed by atoms with van der Waals surface area (Å²) in [6.45, 7) is 18.8. The smallest absolute Gasteiger partial charge is 0.227 e. The van der Waals surface area contributed by atoms with E-state index < -0.39 is 0 Å². The Morgan fingerprint density at radius 1 is 0.778 bits per heavy atom. The highest BCUT2D eigenvalue weighted by Crippen LogP contribution is 2.33. The summed E-state index contributed by atoms with van der Waals surface area (Å²) in [5.74, 6) is 0.0485. The topological polar surface area (TPSA) is 46.4 Å². The van der Waals surface area contributed by atoms with Crippen LogP contribution in [-0.2, 0) is 9.59 Å². The molecule has 0 N–H and O–H groups in total. The van der Waals surface area contributed by atoms with E-state index >= 15 is 0 Å². The second-order valence-corrected chi connectivity index (χ2v) is 9.78. The highest BCUT2D eigenvalue weighted by Gasteiger charge is 2.43. The average molecular weight is 372 g/mol. The van der Waals surface area contributed by atoms with E-state index in [0.29, 0.717) is 17.1 Å². The Morgan fingerprint density at radius 3 is 1.52 bits per heavy atom. The van der Waals surface area contributed by atoms with Gasteiger partial charge < -0.3 is 19.5 Å². The quantitative estimate of drug-likeness (QED) is 0.411. The van der Waals surface area contributed by atoms with Gasteiger partial charge in [-0.25, -0.2) is 0 Å². The van der Waals surface area contributed by atoms with E-state index in [4.69, 9.17) is 0 Å². The lowest BCUT2D eigenvalue weighted by atomic mass is 9.91. The van der Waals surface area contributed by atoms with Crippen molar-refractivity contribution >= 4 is 19.5 Å². The Kier molecular flexibility index (Phi) is 4.95. The van der Waals surface area contributed by atoms with Gasteiger partial charge in [-0.05, 0) is 41.5 Å². The molecule has 0 spiro atoms. The molecule has 0 aromatic heterocycles. The van der Waals surface area contributed by atoms with Gasteiger partial charge >= 0.3 is 0 Å². The normalized spacial score (nSPS) is 22.0. The first kappa shape index (κ1) is 20.0. The molecule has 3 fully saturated rings. The van der Waals surface area contributed by atoms with Gasteiger partial charge in [0.2, 0.25) is 11.6 Å². The summed E-state index contributed by atoms with van der Waals surface area (Å²) in [6.07, 6.45) is 1.52. The molecule has 0 radical (unpaired) electrons. The lowest BCUT2D eigenvalue weighted by Gasteiger charge is -2.43. The predicted molar refractivity (Wildman–Crippen MR) is 110 cm³/mol. The van der Waals surface area contributed by atoms with Crippen molar-refractivity contribution in [2.75, 3.05) is 39.3 Å². The molecule has 3 aliphatic heterocycles. The molecule has 0 atom stereocenters. The molecule has 0 unspecified atom stereocenters. The highest BCUT2D eigenvalue weighted by atomic mass is 16.1. The van der Waals surface area contributed by atoms with E-state index in [0.717, 1.165) is 39.3 Å². The third-order valence-corrected chi connectivity index (χ3v) is 5.50. The maximum absolute atomic E-state index is 12.4. The van der Waals surface area contributed by atoms with Crippen molar-refractivity contribution in [2.45, 2.75) is 52.6 Å². The van der Waals surface area contributed by atoms with Crippen molar-refractivity contribution in [1.82, 2.24) is 19.5 Å². The maximum Gasteiger partial charge on any atom is 0.227 e. The van der Waals surface area contributed by atoms with E-state index in [-0.39, 0.29) is 22.6 Å². The van der Waals surface area contributed by atoms with E-state index in [2.05, 4.69) is 54.3 Å². The number of carbonyl (C=O) groups is 2. The van der Waals surface area contributed by atoms with Gasteiger partial charge in [-0.3, -0.25) is 9.59 Å². The van der Waals surface area contributed by atoms with Crippen LogP contribution in [-0.4, -0.2) is 89.4 Å². The second kappa shape index (κ2) is 6.69. The Labute approximate surface area is 164 Å². The predicted octanol–water partition coefficient (Wildman–Crippen LogP) is 0.614. The van der Waals surface area contributed by atoms with Gasteiger partial charge in [0.1, 0.15) is 11.4 Å². The molecule has 27 heavy (non-hydrogen) atoms. The molecule has 4 aliphatic rings. The number of hydrogen-bond donors (Lipinski definition) is 0. The summed E-state index contributed by atoms with van der Waals surface area (Å²) in [6, 6.07) is 0. The number of ketones is 2.